The second-order valence-electron chi connectivity index (χ2n) is 6.53. The van der Waals surface area contributed by atoms with Crippen LogP contribution in [0.25, 0.3) is 0 Å². The van der Waals surface area contributed by atoms with E-state index in [4.69, 9.17) is 0 Å². The molecule has 1 nitrogen and oxygen atoms in total. The third-order valence-corrected chi connectivity index (χ3v) is 5.08. The maximum atomic E-state index is 13.1. The molecule has 1 aliphatic carbocycles. The number of nitrogens with zero attached hydrogens (tertiary/aromatic N) is 1. The van der Waals surface area contributed by atoms with Gasteiger partial charge in [-0.15, -0.1) is 0 Å². The third-order valence-electron chi connectivity index (χ3n) is 5.08. The van der Waals surface area contributed by atoms with Gasteiger partial charge in [0.05, 0.1) is 0 Å². The summed E-state index contributed by atoms with van der Waals surface area (Å²) in [6.45, 7) is 5.85. The Morgan fingerprint density at radius 3 is 2.58 bits per heavy atom. The van der Waals surface area contributed by atoms with Gasteiger partial charge in [0.1, 0.15) is 5.82 Å². The zero-order valence-electron chi connectivity index (χ0n) is 12.0. The quantitative estimate of drug-likeness (QED) is 0.771. The minimum absolute atomic E-state index is 0.119. The fourth-order valence-corrected chi connectivity index (χ4v) is 4.11. The smallest absolute Gasteiger partial charge is 0.123 e. The van der Waals surface area contributed by atoms with Crippen molar-refractivity contribution in [2.75, 3.05) is 6.54 Å². The number of fused-ring (bicyclic) bond motifs is 4. The Bertz CT molecular complexity index is 425. The summed E-state index contributed by atoms with van der Waals surface area (Å²) in [5.41, 5.74) is 1.35. The van der Waals surface area contributed by atoms with Gasteiger partial charge in [-0.05, 0) is 62.6 Å². The lowest BCUT2D eigenvalue weighted by atomic mass is 9.78. The molecular weight excluding hydrogens is 237 g/mol. The van der Waals surface area contributed by atoms with Crippen molar-refractivity contribution >= 4 is 0 Å². The van der Waals surface area contributed by atoms with Gasteiger partial charge in [-0.1, -0.05) is 18.6 Å². The van der Waals surface area contributed by atoms with Crippen LogP contribution in [-0.4, -0.2) is 23.5 Å². The molecule has 2 heteroatoms. The van der Waals surface area contributed by atoms with Crippen LogP contribution in [0.1, 0.15) is 51.0 Å². The average Bonchev–Trinajstić information content (AvgIpc) is 2.72. The van der Waals surface area contributed by atoms with Crippen LogP contribution in [0, 0.1) is 11.7 Å². The van der Waals surface area contributed by atoms with E-state index in [0.717, 1.165) is 12.0 Å². The Balaban J connectivity index is 1.84. The van der Waals surface area contributed by atoms with Crippen LogP contribution < -0.4 is 0 Å². The Hall–Kier alpha value is -0.890. The van der Waals surface area contributed by atoms with Gasteiger partial charge in [0.15, 0.2) is 0 Å². The fourth-order valence-electron chi connectivity index (χ4n) is 4.11. The summed E-state index contributed by atoms with van der Waals surface area (Å²) >= 11 is 0. The Morgan fingerprint density at radius 1 is 1.16 bits per heavy atom. The molecule has 104 valence electrons. The largest absolute Gasteiger partial charge is 0.298 e. The highest BCUT2D eigenvalue weighted by Crippen LogP contribution is 2.43. The van der Waals surface area contributed by atoms with Crippen molar-refractivity contribution in [2.24, 2.45) is 5.92 Å². The Labute approximate surface area is 115 Å². The summed E-state index contributed by atoms with van der Waals surface area (Å²) in [7, 11) is 0. The molecule has 1 aromatic rings. The molecule has 19 heavy (non-hydrogen) atoms. The highest BCUT2D eigenvalue weighted by Gasteiger charge is 2.39. The summed E-state index contributed by atoms with van der Waals surface area (Å²) in [6.07, 6.45) is 5.29. The van der Waals surface area contributed by atoms with Crippen LogP contribution in [0.4, 0.5) is 4.39 Å². The molecule has 2 saturated heterocycles. The molecule has 2 heterocycles. The van der Waals surface area contributed by atoms with E-state index in [1.54, 1.807) is 12.1 Å². The zero-order valence-corrected chi connectivity index (χ0v) is 12.0. The number of hydrogen-bond acceptors (Lipinski definition) is 1. The van der Waals surface area contributed by atoms with E-state index in [2.05, 4.69) is 18.7 Å². The summed E-state index contributed by atoms with van der Waals surface area (Å²) in [5.74, 6) is 1.28. The molecule has 0 amide bonds. The molecule has 1 aromatic carbocycles. The van der Waals surface area contributed by atoms with E-state index >= 15 is 0 Å². The first-order valence-corrected chi connectivity index (χ1v) is 7.66. The van der Waals surface area contributed by atoms with Crippen LogP contribution >= 0.6 is 0 Å². The minimum atomic E-state index is -0.119. The first-order chi connectivity index (χ1) is 9.15. The van der Waals surface area contributed by atoms with Crippen molar-refractivity contribution in [1.29, 1.82) is 0 Å². The molecule has 2 bridgehead atoms. The van der Waals surface area contributed by atoms with E-state index in [1.807, 2.05) is 12.1 Å². The van der Waals surface area contributed by atoms with Gasteiger partial charge in [0, 0.05) is 18.6 Å². The normalized spacial score (nSPS) is 31.7. The number of rotatable bonds is 2. The van der Waals surface area contributed by atoms with Crippen LogP contribution in [-0.2, 0) is 0 Å². The van der Waals surface area contributed by atoms with Gasteiger partial charge in [0.25, 0.3) is 0 Å². The van der Waals surface area contributed by atoms with Crippen molar-refractivity contribution in [2.45, 2.75) is 57.5 Å². The summed E-state index contributed by atoms with van der Waals surface area (Å²) < 4.78 is 13.1. The highest BCUT2D eigenvalue weighted by molar-refractivity contribution is 5.23. The van der Waals surface area contributed by atoms with Crippen molar-refractivity contribution in [3.63, 3.8) is 0 Å². The van der Waals surface area contributed by atoms with Crippen molar-refractivity contribution < 1.29 is 4.39 Å². The van der Waals surface area contributed by atoms with E-state index in [-0.39, 0.29) is 5.82 Å². The molecule has 3 fully saturated rings. The second-order valence-corrected chi connectivity index (χ2v) is 6.53. The SMILES string of the molecule is CC(C)N1CC2CCCC1CC2c1ccc(F)cc1. The lowest BCUT2D eigenvalue weighted by molar-refractivity contribution is 0.0769. The molecule has 3 aliphatic rings. The van der Waals surface area contributed by atoms with Crippen LogP contribution in [0.3, 0.4) is 0 Å². The monoisotopic (exact) mass is 261 g/mol. The molecule has 1 saturated carbocycles. The van der Waals surface area contributed by atoms with Gasteiger partial charge in [-0.25, -0.2) is 4.39 Å². The topological polar surface area (TPSA) is 3.24 Å². The molecule has 0 spiro atoms. The summed E-state index contributed by atoms with van der Waals surface area (Å²) in [4.78, 5) is 2.69. The lowest BCUT2D eigenvalue weighted by Crippen LogP contribution is -2.47. The van der Waals surface area contributed by atoms with Crippen LogP contribution in [0.5, 0.6) is 0 Å². The number of benzene rings is 1. The molecule has 4 rings (SSSR count). The highest BCUT2D eigenvalue weighted by atomic mass is 19.1. The Morgan fingerprint density at radius 2 is 1.89 bits per heavy atom. The lowest BCUT2D eigenvalue weighted by Gasteiger charge is -2.44. The fraction of sp³-hybridized carbons (Fsp3) is 0.647. The van der Waals surface area contributed by atoms with Crippen molar-refractivity contribution in [3.05, 3.63) is 35.6 Å². The first kappa shape index (κ1) is 13.1. The predicted octanol–water partition coefficient (Wildman–Crippen LogP) is 4.19. The molecular formula is C17H24FN. The van der Waals surface area contributed by atoms with Gasteiger partial charge in [0.2, 0.25) is 0 Å². The van der Waals surface area contributed by atoms with E-state index < -0.39 is 0 Å². The number of piperidine rings is 1. The van der Waals surface area contributed by atoms with Gasteiger partial charge in [-0.2, -0.15) is 0 Å². The second kappa shape index (κ2) is 5.24. The van der Waals surface area contributed by atoms with Crippen LogP contribution in [0.15, 0.2) is 24.3 Å². The van der Waals surface area contributed by atoms with Gasteiger partial charge >= 0.3 is 0 Å². The standard InChI is InChI=1S/C17H24FN/c1-12(2)19-11-14-4-3-5-16(19)10-17(14)13-6-8-15(18)9-7-13/h6-9,12,14,16-17H,3-5,10-11H2,1-2H3. The maximum Gasteiger partial charge on any atom is 0.123 e. The van der Waals surface area contributed by atoms with Gasteiger partial charge < -0.3 is 0 Å². The number of halogens is 1. The van der Waals surface area contributed by atoms with Gasteiger partial charge in [-0.3, -0.25) is 4.90 Å². The van der Waals surface area contributed by atoms with E-state index in [0.29, 0.717) is 12.0 Å². The predicted molar refractivity (Wildman–Crippen MR) is 76.7 cm³/mol. The molecule has 0 aromatic heterocycles. The average molecular weight is 261 g/mol. The first-order valence-electron chi connectivity index (χ1n) is 7.66. The van der Waals surface area contributed by atoms with Crippen LogP contribution in [0.2, 0.25) is 0 Å². The van der Waals surface area contributed by atoms with Crippen molar-refractivity contribution in [3.8, 4) is 0 Å². The minimum Gasteiger partial charge on any atom is -0.298 e. The zero-order chi connectivity index (χ0) is 13.4. The van der Waals surface area contributed by atoms with E-state index in [9.17, 15) is 4.39 Å². The number of hydrogen-bond donors (Lipinski definition) is 0. The molecule has 2 aliphatic heterocycles. The maximum absolute atomic E-state index is 13.1. The molecule has 3 atom stereocenters. The molecule has 0 N–H and O–H groups in total. The Kier molecular flexibility index (Phi) is 3.62. The van der Waals surface area contributed by atoms with Crippen molar-refractivity contribution in [1.82, 2.24) is 4.90 Å². The third kappa shape index (κ3) is 2.55. The molecule has 3 unspecified atom stereocenters. The molecule has 0 radical (unpaired) electrons. The van der Waals surface area contributed by atoms with E-state index in [1.165, 1.54) is 37.8 Å². The summed E-state index contributed by atoms with van der Waals surface area (Å²) in [6, 6.07) is 8.62. The summed E-state index contributed by atoms with van der Waals surface area (Å²) in [5, 5.41) is 0.